The largest absolute Gasteiger partial charge is 0.573 e. The van der Waals surface area contributed by atoms with Crippen LogP contribution >= 0.6 is 11.6 Å². The number of carbonyl (C=O) groups excluding carboxylic acids is 1. The lowest BCUT2D eigenvalue weighted by Crippen LogP contribution is -2.19. The summed E-state index contributed by atoms with van der Waals surface area (Å²) in [4.78, 5) is 14.5. The second-order valence-corrected chi connectivity index (χ2v) is 3.29. The first kappa shape index (κ1) is 13.6. The summed E-state index contributed by atoms with van der Waals surface area (Å²) in [7, 11) is 1.25. The van der Waals surface area contributed by atoms with Crippen LogP contribution < -0.4 is 9.47 Å². The van der Waals surface area contributed by atoms with Gasteiger partial charge in [0.05, 0.1) is 12.8 Å². The molecule has 1 heterocycles. The molecule has 0 fully saturated rings. The molecule has 0 saturated heterocycles. The van der Waals surface area contributed by atoms with Crippen LogP contribution in [-0.4, -0.2) is 23.7 Å². The van der Waals surface area contributed by atoms with E-state index in [4.69, 9.17) is 16.3 Å². The second-order valence-electron chi connectivity index (χ2n) is 2.94. The summed E-state index contributed by atoms with van der Waals surface area (Å²) >= 11 is 5.12. The number of methoxy groups -OCH3 is 1. The van der Waals surface area contributed by atoms with E-state index in [1.54, 1.807) is 0 Å². The molecule has 0 aromatic carbocycles. The maximum absolute atomic E-state index is 12.1. The highest BCUT2D eigenvalue weighted by molar-refractivity contribution is 6.67. The molecule has 1 aromatic heterocycles. The molecule has 17 heavy (non-hydrogen) atoms. The van der Waals surface area contributed by atoms with Crippen molar-refractivity contribution in [2.24, 2.45) is 0 Å². The van der Waals surface area contributed by atoms with Crippen molar-refractivity contribution in [3.63, 3.8) is 0 Å². The lowest BCUT2D eigenvalue weighted by atomic mass is 10.2. The Kier molecular flexibility index (Phi) is 3.82. The van der Waals surface area contributed by atoms with E-state index in [1.807, 2.05) is 0 Å². The average molecular weight is 270 g/mol. The zero-order valence-corrected chi connectivity index (χ0v) is 9.52. The Hall–Kier alpha value is -1.50. The van der Waals surface area contributed by atoms with Gasteiger partial charge in [-0.25, -0.2) is 4.98 Å². The molecule has 1 rings (SSSR count). The molecule has 0 spiro atoms. The highest BCUT2D eigenvalue weighted by atomic mass is 35.5. The van der Waals surface area contributed by atoms with Gasteiger partial charge in [-0.15, -0.1) is 13.2 Å². The van der Waals surface area contributed by atoms with E-state index in [1.165, 1.54) is 14.0 Å². The fourth-order valence-electron chi connectivity index (χ4n) is 1.12. The first-order valence-electron chi connectivity index (χ1n) is 4.26. The van der Waals surface area contributed by atoms with E-state index in [2.05, 4.69) is 9.72 Å². The van der Waals surface area contributed by atoms with Crippen LogP contribution in [0.3, 0.4) is 0 Å². The Morgan fingerprint density at radius 3 is 2.41 bits per heavy atom. The van der Waals surface area contributed by atoms with Gasteiger partial charge in [0.1, 0.15) is 5.75 Å². The lowest BCUT2D eigenvalue weighted by molar-refractivity contribution is -0.274. The number of aromatic nitrogens is 1. The molecule has 8 heteroatoms. The molecule has 0 aliphatic carbocycles. The van der Waals surface area contributed by atoms with Gasteiger partial charge >= 0.3 is 6.36 Å². The molecule has 4 nitrogen and oxygen atoms in total. The van der Waals surface area contributed by atoms with Crippen molar-refractivity contribution >= 4 is 16.8 Å². The lowest BCUT2D eigenvalue weighted by Gasteiger charge is -2.13. The van der Waals surface area contributed by atoms with Gasteiger partial charge in [0.25, 0.3) is 5.24 Å². The monoisotopic (exact) mass is 269 g/mol. The van der Waals surface area contributed by atoms with E-state index in [0.717, 1.165) is 6.07 Å². The summed E-state index contributed by atoms with van der Waals surface area (Å²) in [6, 6.07) is 0.908. The van der Waals surface area contributed by atoms with E-state index in [0.29, 0.717) is 0 Å². The molecular weight excluding hydrogens is 263 g/mol. The van der Waals surface area contributed by atoms with Crippen LogP contribution in [0.5, 0.6) is 11.5 Å². The molecule has 0 N–H and O–H groups in total. The minimum Gasteiger partial charge on any atom is -0.495 e. The SMILES string of the molecule is COc1cc(OC(F)(F)F)c(C(=O)Cl)nc1C. The molecular formula is C9H7ClF3NO3. The average Bonchev–Trinajstić information content (AvgIpc) is 2.17. The van der Waals surface area contributed by atoms with E-state index in [-0.39, 0.29) is 11.4 Å². The van der Waals surface area contributed by atoms with Crippen molar-refractivity contribution < 1.29 is 27.4 Å². The summed E-state index contributed by atoms with van der Waals surface area (Å²) in [6.45, 7) is 1.46. The van der Waals surface area contributed by atoms with Crippen LogP contribution in [0.25, 0.3) is 0 Å². The van der Waals surface area contributed by atoms with Gasteiger partial charge in [-0.2, -0.15) is 0 Å². The van der Waals surface area contributed by atoms with Gasteiger partial charge in [-0.05, 0) is 18.5 Å². The summed E-state index contributed by atoms with van der Waals surface area (Å²) in [6.07, 6.45) is -4.94. The van der Waals surface area contributed by atoms with Gasteiger partial charge in [0.15, 0.2) is 11.4 Å². The zero-order valence-electron chi connectivity index (χ0n) is 8.76. The summed E-state index contributed by atoms with van der Waals surface area (Å²) in [5, 5.41) is -1.14. The predicted octanol–water partition coefficient (Wildman–Crippen LogP) is 2.68. The number of hydrogen-bond donors (Lipinski definition) is 0. The summed E-state index contributed by atoms with van der Waals surface area (Å²) in [5.74, 6) is -0.731. The number of hydrogen-bond acceptors (Lipinski definition) is 4. The Balaban J connectivity index is 3.29. The molecule has 0 bridgehead atoms. The number of ether oxygens (including phenoxy) is 2. The molecule has 0 saturated carbocycles. The van der Waals surface area contributed by atoms with Crippen LogP contribution in [0.2, 0.25) is 0 Å². The molecule has 0 aliphatic rings. The van der Waals surface area contributed by atoms with Crippen LogP contribution in [0.4, 0.5) is 13.2 Å². The fourth-order valence-corrected chi connectivity index (χ4v) is 1.26. The van der Waals surface area contributed by atoms with Crippen molar-refractivity contribution in [2.75, 3.05) is 7.11 Å². The van der Waals surface area contributed by atoms with Gasteiger partial charge in [0.2, 0.25) is 0 Å². The topological polar surface area (TPSA) is 48.4 Å². The third-order valence-electron chi connectivity index (χ3n) is 1.76. The number of halogens is 4. The maximum atomic E-state index is 12.1. The zero-order chi connectivity index (χ0) is 13.2. The minimum absolute atomic E-state index is 0.0610. The number of aryl methyl sites for hydroxylation is 1. The van der Waals surface area contributed by atoms with Crippen LogP contribution in [0.1, 0.15) is 16.2 Å². The minimum atomic E-state index is -4.94. The standard InChI is InChI=1S/C9H7ClF3NO3/c1-4-5(16-2)3-6(17-9(11,12)13)7(14-4)8(10)15/h3H,1-2H3. The number of nitrogens with zero attached hydrogens (tertiary/aromatic N) is 1. The molecule has 1 aromatic rings. The quantitative estimate of drug-likeness (QED) is 0.792. The van der Waals surface area contributed by atoms with Crippen molar-refractivity contribution in [1.29, 1.82) is 0 Å². The summed E-state index contributed by atoms with van der Waals surface area (Å²) in [5.41, 5.74) is -0.381. The second kappa shape index (κ2) is 4.79. The highest BCUT2D eigenvalue weighted by Gasteiger charge is 2.33. The fraction of sp³-hybridized carbons (Fsp3) is 0.333. The van der Waals surface area contributed by atoms with Gasteiger partial charge < -0.3 is 9.47 Å². The van der Waals surface area contributed by atoms with Crippen LogP contribution in [0.15, 0.2) is 6.07 Å². The highest BCUT2D eigenvalue weighted by Crippen LogP contribution is 2.31. The van der Waals surface area contributed by atoms with Gasteiger partial charge in [0, 0.05) is 6.07 Å². The number of carbonyl (C=O) groups is 1. The first-order valence-corrected chi connectivity index (χ1v) is 4.63. The van der Waals surface area contributed by atoms with Gasteiger partial charge in [-0.1, -0.05) is 0 Å². The first-order chi connectivity index (χ1) is 7.74. The molecule has 94 valence electrons. The predicted molar refractivity (Wildman–Crippen MR) is 52.4 cm³/mol. The van der Waals surface area contributed by atoms with Crippen molar-refractivity contribution in [1.82, 2.24) is 4.98 Å². The van der Waals surface area contributed by atoms with Crippen molar-refractivity contribution in [2.45, 2.75) is 13.3 Å². The normalized spacial score (nSPS) is 11.2. The Morgan fingerprint density at radius 1 is 1.41 bits per heavy atom. The van der Waals surface area contributed by atoms with E-state index >= 15 is 0 Å². The van der Waals surface area contributed by atoms with Crippen LogP contribution in [-0.2, 0) is 0 Å². The molecule has 0 amide bonds. The molecule has 0 aliphatic heterocycles. The Morgan fingerprint density at radius 2 is 2.00 bits per heavy atom. The smallest absolute Gasteiger partial charge is 0.495 e. The third-order valence-corrected chi connectivity index (χ3v) is 1.94. The van der Waals surface area contributed by atoms with Crippen LogP contribution in [0, 0.1) is 6.92 Å². The van der Waals surface area contributed by atoms with Crippen molar-refractivity contribution in [3.05, 3.63) is 17.5 Å². The van der Waals surface area contributed by atoms with E-state index < -0.39 is 23.0 Å². The maximum Gasteiger partial charge on any atom is 0.573 e. The molecule has 0 radical (unpaired) electrons. The Bertz CT molecular complexity index is 448. The third kappa shape index (κ3) is 3.48. The number of rotatable bonds is 3. The van der Waals surface area contributed by atoms with E-state index in [9.17, 15) is 18.0 Å². The van der Waals surface area contributed by atoms with Crippen molar-refractivity contribution in [3.8, 4) is 11.5 Å². The molecule has 0 atom stereocenters. The summed E-state index contributed by atoms with van der Waals surface area (Å²) < 4.78 is 44.6. The Labute approximate surface area is 99.3 Å². The number of alkyl halides is 3. The number of pyridine rings is 1. The molecule has 0 unspecified atom stereocenters. The van der Waals surface area contributed by atoms with Gasteiger partial charge in [-0.3, -0.25) is 4.79 Å².